The summed E-state index contributed by atoms with van der Waals surface area (Å²) >= 11 is 0. The van der Waals surface area contributed by atoms with Crippen LogP contribution in [0.25, 0.3) is 27.8 Å². The highest BCUT2D eigenvalue weighted by molar-refractivity contribution is 5.99. The fourth-order valence-electron chi connectivity index (χ4n) is 5.37. The van der Waals surface area contributed by atoms with E-state index in [2.05, 4.69) is 10.6 Å². The molecule has 0 fully saturated rings. The molecular formula is C30H27N3O4. The van der Waals surface area contributed by atoms with Gasteiger partial charge in [0.05, 0.1) is 35.1 Å². The average Bonchev–Trinajstić information content (AvgIpc) is 3.27. The van der Waals surface area contributed by atoms with Gasteiger partial charge in [0.1, 0.15) is 11.5 Å². The monoisotopic (exact) mass is 493 g/mol. The minimum atomic E-state index is -0.556. The van der Waals surface area contributed by atoms with Crippen LogP contribution in [0.5, 0.6) is 11.5 Å². The molecule has 0 radical (unpaired) electrons. The van der Waals surface area contributed by atoms with Crippen molar-refractivity contribution >= 4 is 10.9 Å². The SMILES string of the molecule is COc1ccc(C2Oc3ccc(C)cc3-n3c(-c4ccccc4C)c4c(=O)n(C)c(=O)n(C)c4c32)cc1. The van der Waals surface area contributed by atoms with Gasteiger partial charge >= 0.3 is 5.69 Å². The molecule has 0 spiro atoms. The fourth-order valence-corrected chi connectivity index (χ4v) is 5.37. The zero-order valence-electron chi connectivity index (χ0n) is 21.4. The summed E-state index contributed by atoms with van der Waals surface area (Å²) in [5.41, 5.74) is 6.10. The van der Waals surface area contributed by atoms with Gasteiger partial charge in [-0.05, 0) is 54.8 Å². The molecule has 186 valence electrons. The second-order valence-corrected chi connectivity index (χ2v) is 9.56. The van der Waals surface area contributed by atoms with E-state index in [-0.39, 0.29) is 11.2 Å². The van der Waals surface area contributed by atoms with Crippen LogP contribution < -0.4 is 20.7 Å². The summed E-state index contributed by atoms with van der Waals surface area (Å²) in [5, 5.41) is 0.491. The highest BCUT2D eigenvalue weighted by Crippen LogP contribution is 2.47. The van der Waals surface area contributed by atoms with Gasteiger partial charge in [0.2, 0.25) is 0 Å². The number of ether oxygens (including phenoxy) is 2. The number of aryl methyl sites for hydroxylation is 3. The lowest BCUT2D eigenvalue weighted by Crippen LogP contribution is -2.37. The first-order chi connectivity index (χ1) is 17.8. The summed E-state index contributed by atoms with van der Waals surface area (Å²) in [6, 6.07) is 21.7. The summed E-state index contributed by atoms with van der Waals surface area (Å²) in [7, 11) is 4.87. The lowest BCUT2D eigenvalue weighted by Gasteiger charge is -2.30. The molecular weight excluding hydrogens is 466 g/mol. The fraction of sp³-hybridized carbons (Fsp3) is 0.200. The van der Waals surface area contributed by atoms with Crippen LogP contribution in [0.1, 0.15) is 28.5 Å². The van der Waals surface area contributed by atoms with Gasteiger partial charge in [0.15, 0.2) is 6.10 Å². The molecule has 0 amide bonds. The van der Waals surface area contributed by atoms with Crippen molar-refractivity contribution in [3.8, 4) is 28.4 Å². The zero-order valence-corrected chi connectivity index (χ0v) is 21.4. The molecule has 37 heavy (non-hydrogen) atoms. The predicted octanol–water partition coefficient (Wildman–Crippen LogP) is 4.80. The van der Waals surface area contributed by atoms with Gasteiger partial charge in [-0.3, -0.25) is 13.9 Å². The molecule has 5 aromatic rings. The third kappa shape index (κ3) is 3.27. The molecule has 3 aromatic carbocycles. The molecule has 0 saturated carbocycles. The topological polar surface area (TPSA) is 67.4 Å². The number of nitrogens with zero attached hydrogens (tertiary/aromatic N) is 3. The molecule has 1 atom stereocenters. The van der Waals surface area contributed by atoms with Crippen molar-refractivity contribution in [2.75, 3.05) is 7.11 Å². The molecule has 1 aliphatic rings. The number of hydrogen-bond donors (Lipinski definition) is 0. The van der Waals surface area contributed by atoms with Crippen LogP contribution in [0, 0.1) is 13.8 Å². The molecule has 6 rings (SSSR count). The lowest BCUT2D eigenvalue weighted by molar-refractivity contribution is 0.229. The summed E-state index contributed by atoms with van der Waals surface area (Å²) in [4.78, 5) is 27.0. The number of aromatic nitrogens is 3. The van der Waals surface area contributed by atoms with Crippen molar-refractivity contribution in [2.45, 2.75) is 20.0 Å². The normalized spacial score (nSPS) is 14.2. The van der Waals surface area contributed by atoms with Crippen LogP contribution in [0.15, 0.2) is 76.3 Å². The van der Waals surface area contributed by atoms with Gasteiger partial charge in [-0.1, -0.05) is 42.5 Å². The molecule has 0 N–H and O–H groups in total. The van der Waals surface area contributed by atoms with Crippen LogP contribution in [-0.4, -0.2) is 20.8 Å². The third-order valence-electron chi connectivity index (χ3n) is 7.28. The summed E-state index contributed by atoms with van der Waals surface area (Å²) < 4.78 is 16.9. The maximum absolute atomic E-state index is 13.8. The van der Waals surface area contributed by atoms with Crippen molar-refractivity contribution in [3.63, 3.8) is 0 Å². The van der Waals surface area contributed by atoms with Gasteiger partial charge in [-0.2, -0.15) is 0 Å². The molecule has 0 bridgehead atoms. The highest BCUT2D eigenvalue weighted by Gasteiger charge is 2.36. The standard InChI is InChI=1S/C30H27N3O4/c1-17-10-15-23-22(16-17)33-25(21-9-7-6-8-18(21)2)24-26(31(3)30(35)32(4)29(24)34)27(33)28(37-23)19-11-13-20(36-5)14-12-19/h6-16,28H,1-5H3. The average molecular weight is 494 g/mol. The van der Waals surface area contributed by atoms with Gasteiger partial charge in [-0.15, -0.1) is 0 Å². The maximum Gasteiger partial charge on any atom is 0.331 e. The Bertz CT molecular complexity index is 1820. The van der Waals surface area contributed by atoms with E-state index in [9.17, 15) is 9.59 Å². The van der Waals surface area contributed by atoms with E-state index in [1.165, 1.54) is 11.6 Å². The molecule has 1 unspecified atom stereocenters. The van der Waals surface area contributed by atoms with Crippen LogP contribution in [0.2, 0.25) is 0 Å². The second kappa shape index (κ2) is 8.27. The van der Waals surface area contributed by atoms with E-state index in [0.717, 1.165) is 45.1 Å². The number of methoxy groups -OCH3 is 1. The van der Waals surface area contributed by atoms with Crippen molar-refractivity contribution in [2.24, 2.45) is 14.1 Å². The molecule has 7 heteroatoms. The van der Waals surface area contributed by atoms with E-state index >= 15 is 0 Å². The Balaban J connectivity index is 1.85. The van der Waals surface area contributed by atoms with Crippen molar-refractivity contribution < 1.29 is 9.47 Å². The minimum Gasteiger partial charge on any atom is -0.497 e. The van der Waals surface area contributed by atoms with Crippen LogP contribution in [0.3, 0.4) is 0 Å². The molecule has 7 nitrogen and oxygen atoms in total. The Morgan fingerprint density at radius 1 is 0.892 bits per heavy atom. The van der Waals surface area contributed by atoms with Gasteiger partial charge in [0.25, 0.3) is 5.56 Å². The zero-order chi connectivity index (χ0) is 26.0. The summed E-state index contributed by atoms with van der Waals surface area (Å²) in [5.74, 6) is 1.44. The van der Waals surface area contributed by atoms with Crippen LogP contribution >= 0.6 is 0 Å². The Hall–Kier alpha value is -4.52. The quantitative estimate of drug-likeness (QED) is 0.362. The first-order valence-corrected chi connectivity index (χ1v) is 12.1. The van der Waals surface area contributed by atoms with E-state index in [4.69, 9.17) is 9.47 Å². The largest absolute Gasteiger partial charge is 0.497 e. The molecule has 2 aromatic heterocycles. The van der Waals surface area contributed by atoms with Crippen LogP contribution in [0.4, 0.5) is 0 Å². The van der Waals surface area contributed by atoms with Crippen molar-refractivity contribution in [1.29, 1.82) is 0 Å². The first kappa shape index (κ1) is 22.9. The highest BCUT2D eigenvalue weighted by atomic mass is 16.5. The summed E-state index contributed by atoms with van der Waals surface area (Å²) in [6.07, 6.45) is -0.556. The molecule has 1 aliphatic heterocycles. The number of fused-ring (bicyclic) bond motifs is 5. The number of benzene rings is 3. The van der Waals surface area contributed by atoms with E-state index in [1.54, 1.807) is 18.7 Å². The molecule has 0 aliphatic carbocycles. The Labute approximate surface area is 213 Å². The Kier molecular flexibility index (Phi) is 5.12. The van der Waals surface area contributed by atoms with Crippen LogP contribution in [-0.2, 0) is 14.1 Å². The van der Waals surface area contributed by atoms with E-state index in [1.807, 2.05) is 74.5 Å². The Morgan fingerprint density at radius 3 is 2.32 bits per heavy atom. The summed E-state index contributed by atoms with van der Waals surface area (Å²) in [6.45, 7) is 4.06. The van der Waals surface area contributed by atoms with E-state index < -0.39 is 6.10 Å². The molecule has 0 saturated heterocycles. The lowest BCUT2D eigenvalue weighted by atomic mass is 10.0. The second-order valence-electron chi connectivity index (χ2n) is 9.56. The minimum absolute atomic E-state index is 0.332. The number of hydrogen-bond acceptors (Lipinski definition) is 4. The Morgan fingerprint density at radius 2 is 1.62 bits per heavy atom. The van der Waals surface area contributed by atoms with Crippen molar-refractivity contribution in [1.82, 2.24) is 13.7 Å². The number of rotatable bonds is 3. The molecule has 3 heterocycles. The smallest absolute Gasteiger partial charge is 0.331 e. The maximum atomic E-state index is 13.8. The van der Waals surface area contributed by atoms with Gasteiger partial charge in [-0.25, -0.2) is 4.79 Å². The first-order valence-electron chi connectivity index (χ1n) is 12.1. The van der Waals surface area contributed by atoms with Gasteiger partial charge < -0.3 is 14.0 Å². The third-order valence-corrected chi connectivity index (χ3v) is 7.28. The van der Waals surface area contributed by atoms with Gasteiger partial charge in [0, 0.05) is 19.7 Å². The van der Waals surface area contributed by atoms with Crippen molar-refractivity contribution in [3.05, 3.63) is 110 Å². The predicted molar refractivity (Wildman–Crippen MR) is 144 cm³/mol. The van der Waals surface area contributed by atoms with E-state index in [0.29, 0.717) is 16.7 Å².